The quantitative estimate of drug-likeness (QED) is 0.687. The Labute approximate surface area is 77.6 Å². The van der Waals surface area contributed by atoms with E-state index in [9.17, 15) is 5.11 Å². The Morgan fingerprint density at radius 3 is 2.75 bits per heavy atom. The number of hydrogen-bond donors (Lipinski definition) is 2. The molecule has 0 saturated carbocycles. The van der Waals surface area contributed by atoms with Crippen LogP contribution in [0.5, 0.6) is 11.5 Å². The van der Waals surface area contributed by atoms with Crippen LogP contribution in [0, 0.1) is 0 Å². The number of aromatic hydroxyl groups is 2. The van der Waals surface area contributed by atoms with Crippen LogP contribution in [0.2, 0.25) is 5.02 Å². The summed E-state index contributed by atoms with van der Waals surface area (Å²) < 4.78 is 0.789. The van der Waals surface area contributed by atoms with Crippen molar-refractivity contribution >= 4 is 33.0 Å². The molecule has 0 amide bonds. The summed E-state index contributed by atoms with van der Waals surface area (Å²) in [6.07, 6.45) is 0. The van der Waals surface area contributed by atoms with Crippen molar-refractivity contribution in [3.05, 3.63) is 22.5 Å². The van der Waals surface area contributed by atoms with Gasteiger partial charge in [0.2, 0.25) is 0 Å². The van der Waals surface area contributed by atoms with E-state index in [1.807, 2.05) is 0 Å². The van der Waals surface area contributed by atoms with Gasteiger partial charge in [-0.05, 0) is 6.07 Å². The van der Waals surface area contributed by atoms with Crippen molar-refractivity contribution in [2.45, 2.75) is 0 Å². The van der Waals surface area contributed by atoms with Crippen LogP contribution in [0.1, 0.15) is 0 Å². The number of thiophene rings is 1. The summed E-state index contributed by atoms with van der Waals surface area (Å²) in [5, 5.41) is 21.4. The third-order valence-corrected chi connectivity index (χ3v) is 2.95. The van der Waals surface area contributed by atoms with E-state index in [0.717, 1.165) is 4.70 Å². The van der Waals surface area contributed by atoms with Crippen LogP contribution in [-0.4, -0.2) is 10.2 Å². The zero-order chi connectivity index (χ0) is 8.72. The Kier molecular flexibility index (Phi) is 1.63. The molecule has 0 bridgehead atoms. The van der Waals surface area contributed by atoms with Crippen molar-refractivity contribution in [3.63, 3.8) is 0 Å². The number of halogens is 1. The fraction of sp³-hybridized carbons (Fsp3) is 0. The average molecular weight is 201 g/mol. The summed E-state index contributed by atoms with van der Waals surface area (Å²) in [6, 6.07) is 2.85. The molecule has 1 aromatic carbocycles. The van der Waals surface area contributed by atoms with E-state index in [0.29, 0.717) is 10.4 Å². The summed E-state index contributed by atoms with van der Waals surface area (Å²) in [6.45, 7) is 0. The monoisotopic (exact) mass is 200 g/mol. The standard InChI is InChI=1S/C8H5ClO2S/c9-5-3-12-7-2-4(10)1-6(11)8(5)7/h1-3,10-11H. The molecule has 2 N–H and O–H groups in total. The highest BCUT2D eigenvalue weighted by atomic mass is 35.5. The van der Waals surface area contributed by atoms with Crippen LogP contribution >= 0.6 is 22.9 Å². The van der Waals surface area contributed by atoms with Crippen molar-refractivity contribution in [1.82, 2.24) is 0 Å². The topological polar surface area (TPSA) is 40.5 Å². The first kappa shape index (κ1) is 7.71. The Morgan fingerprint density at radius 2 is 2.00 bits per heavy atom. The lowest BCUT2D eigenvalue weighted by molar-refractivity contribution is 0.455. The molecule has 0 spiro atoms. The second-order valence-electron chi connectivity index (χ2n) is 2.42. The van der Waals surface area contributed by atoms with E-state index in [-0.39, 0.29) is 11.5 Å². The van der Waals surface area contributed by atoms with Gasteiger partial charge in [-0.2, -0.15) is 0 Å². The Hall–Kier alpha value is -0.930. The van der Waals surface area contributed by atoms with E-state index in [1.165, 1.54) is 17.4 Å². The summed E-state index contributed by atoms with van der Waals surface area (Å²) in [4.78, 5) is 0. The van der Waals surface area contributed by atoms with Gasteiger partial charge in [0.05, 0.1) is 10.4 Å². The molecule has 4 heteroatoms. The molecule has 62 valence electrons. The highest BCUT2D eigenvalue weighted by Gasteiger charge is 2.07. The molecule has 2 nitrogen and oxygen atoms in total. The first-order valence-corrected chi connectivity index (χ1v) is 4.53. The number of phenolic OH excluding ortho intramolecular Hbond substituents is 2. The van der Waals surface area contributed by atoms with E-state index in [1.54, 1.807) is 11.4 Å². The highest BCUT2D eigenvalue weighted by molar-refractivity contribution is 7.18. The van der Waals surface area contributed by atoms with Gasteiger partial charge in [0.25, 0.3) is 0 Å². The van der Waals surface area contributed by atoms with Gasteiger partial charge in [-0.15, -0.1) is 11.3 Å². The van der Waals surface area contributed by atoms with Crippen LogP contribution in [0.4, 0.5) is 0 Å². The molecule has 12 heavy (non-hydrogen) atoms. The molecular weight excluding hydrogens is 196 g/mol. The number of benzene rings is 1. The number of hydrogen-bond acceptors (Lipinski definition) is 3. The van der Waals surface area contributed by atoms with Crippen molar-refractivity contribution in [2.75, 3.05) is 0 Å². The van der Waals surface area contributed by atoms with Crippen LogP contribution in [0.25, 0.3) is 10.1 Å². The lowest BCUT2D eigenvalue weighted by atomic mass is 10.2. The van der Waals surface area contributed by atoms with Crippen molar-refractivity contribution < 1.29 is 10.2 Å². The second-order valence-corrected chi connectivity index (χ2v) is 3.74. The van der Waals surface area contributed by atoms with Gasteiger partial charge in [-0.3, -0.25) is 0 Å². The lowest BCUT2D eigenvalue weighted by Crippen LogP contribution is -1.68. The smallest absolute Gasteiger partial charge is 0.129 e. The van der Waals surface area contributed by atoms with Gasteiger partial charge in [0.1, 0.15) is 11.5 Å². The largest absolute Gasteiger partial charge is 0.508 e. The minimum atomic E-state index is 0.0243. The molecule has 0 aliphatic heterocycles. The molecule has 2 rings (SSSR count). The molecule has 1 aromatic heterocycles. The highest BCUT2D eigenvalue weighted by Crippen LogP contribution is 2.38. The van der Waals surface area contributed by atoms with Crippen molar-refractivity contribution in [2.24, 2.45) is 0 Å². The van der Waals surface area contributed by atoms with Crippen molar-refractivity contribution in [3.8, 4) is 11.5 Å². The summed E-state index contributed by atoms with van der Waals surface area (Å²) in [5.41, 5.74) is 0. The van der Waals surface area contributed by atoms with Gasteiger partial charge >= 0.3 is 0 Å². The maximum absolute atomic E-state index is 9.38. The van der Waals surface area contributed by atoms with Crippen molar-refractivity contribution in [1.29, 1.82) is 0 Å². The Morgan fingerprint density at radius 1 is 1.25 bits per heavy atom. The lowest BCUT2D eigenvalue weighted by Gasteiger charge is -1.96. The van der Waals surface area contributed by atoms with E-state index in [2.05, 4.69) is 0 Å². The van der Waals surface area contributed by atoms with Crippen LogP contribution in [0.3, 0.4) is 0 Å². The molecule has 0 radical (unpaired) electrons. The Balaban J connectivity index is 2.93. The van der Waals surface area contributed by atoms with Crippen LogP contribution < -0.4 is 0 Å². The number of phenols is 2. The SMILES string of the molecule is Oc1cc(O)c2c(Cl)csc2c1. The van der Waals surface area contributed by atoms with E-state index < -0.39 is 0 Å². The maximum atomic E-state index is 9.38. The van der Waals surface area contributed by atoms with E-state index >= 15 is 0 Å². The van der Waals surface area contributed by atoms with Gasteiger partial charge < -0.3 is 10.2 Å². The molecule has 0 aliphatic carbocycles. The van der Waals surface area contributed by atoms with Gasteiger partial charge in [-0.25, -0.2) is 0 Å². The number of fused-ring (bicyclic) bond motifs is 1. The molecular formula is C8H5ClO2S. The fourth-order valence-electron chi connectivity index (χ4n) is 1.09. The fourth-order valence-corrected chi connectivity index (χ4v) is 2.35. The zero-order valence-electron chi connectivity index (χ0n) is 5.91. The predicted octanol–water partition coefficient (Wildman–Crippen LogP) is 2.97. The minimum Gasteiger partial charge on any atom is -0.508 e. The maximum Gasteiger partial charge on any atom is 0.129 e. The second kappa shape index (κ2) is 2.54. The van der Waals surface area contributed by atoms with Crippen LogP contribution in [0.15, 0.2) is 17.5 Å². The minimum absolute atomic E-state index is 0.0243. The summed E-state index contributed by atoms with van der Waals surface area (Å²) in [5.74, 6) is 0.0785. The third kappa shape index (κ3) is 1.02. The Bertz CT molecular complexity index is 436. The molecule has 0 unspecified atom stereocenters. The average Bonchev–Trinajstić information content (AvgIpc) is 2.31. The summed E-state index contributed by atoms with van der Waals surface area (Å²) in [7, 11) is 0. The first-order chi connectivity index (χ1) is 5.68. The number of rotatable bonds is 0. The van der Waals surface area contributed by atoms with Gasteiger partial charge in [-0.1, -0.05) is 11.6 Å². The zero-order valence-corrected chi connectivity index (χ0v) is 7.49. The van der Waals surface area contributed by atoms with Gasteiger partial charge in [0, 0.05) is 16.1 Å². The van der Waals surface area contributed by atoms with Gasteiger partial charge in [0.15, 0.2) is 0 Å². The molecule has 0 fully saturated rings. The van der Waals surface area contributed by atoms with E-state index in [4.69, 9.17) is 16.7 Å². The molecule has 2 aromatic rings. The first-order valence-electron chi connectivity index (χ1n) is 3.27. The molecule has 0 saturated heterocycles. The summed E-state index contributed by atoms with van der Waals surface area (Å²) >= 11 is 7.19. The third-order valence-electron chi connectivity index (χ3n) is 1.59. The molecule has 0 atom stereocenters. The normalized spacial score (nSPS) is 10.8. The molecule has 1 heterocycles. The molecule has 0 aliphatic rings. The predicted molar refractivity (Wildman–Crippen MR) is 50.2 cm³/mol. The van der Waals surface area contributed by atoms with Crippen LogP contribution in [-0.2, 0) is 0 Å².